The molecule has 0 unspecified atom stereocenters. The average molecular weight is 313 g/mol. The number of nitriles is 1. The van der Waals surface area contributed by atoms with Crippen LogP contribution in [0.25, 0.3) is 0 Å². The molecule has 23 heavy (non-hydrogen) atoms. The van der Waals surface area contributed by atoms with Gasteiger partial charge >= 0.3 is 5.97 Å². The van der Waals surface area contributed by atoms with E-state index in [4.69, 9.17) is 10.00 Å². The number of nitrogens with zero attached hydrogens (tertiary/aromatic N) is 2. The Morgan fingerprint density at radius 2 is 2.09 bits per heavy atom. The molecule has 1 saturated heterocycles. The van der Waals surface area contributed by atoms with E-state index < -0.39 is 5.97 Å². The quantitative estimate of drug-likeness (QED) is 0.495. The highest BCUT2D eigenvalue weighted by atomic mass is 16.5. The third-order valence-corrected chi connectivity index (χ3v) is 3.92. The van der Waals surface area contributed by atoms with Gasteiger partial charge in [0.25, 0.3) is 0 Å². The van der Waals surface area contributed by atoms with E-state index in [-0.39, 0.29) is 12.2 Å². The molecule has 1 fully saturated rings. The van der Waals surface area contributed by atoms with Gasteiger partial charge in [-0.05, 0) is 25.3 Å². The number of piperidine rings is 1. The molecule has 0 spiro atoms. The second-order valence-electron chi connectivity index (χ2n) is 5.59. The fourth-order valence-electron chi connectivity index (χ4n) is 2.65. The van der Waals surface area contributed by atoms with Crippen LogP contribution in [0.15, 0.2) is 42.1 Å². The molecule has 122 valence electrons. The normalized spacial score (nSPS) is 16.6. The summed E-state index contributed by atoms with van der Waals surface area (Å²) in [5.74, 6) is -0.566. The van der Waals surface area contributed by atoms with Crippen LogP contribution in [0.1, 0.15) is 25.3 Å². The SMILES string of the molecule is CCOC(=O)/C(C#N)=C\NC1CCN(Cc2ccccc2)CC1. The van der Waals surface area contributed by atoms with E-state index in [9.17, 15) is 4.79 Å². The molecule has 0 atom stereocenters. The number of hydrogen-bond donors (Lipinski definition) is 1. The smallest absolute Gasteiger partial charge is 0.350 e. The fraction of sp³-hybridized carbons (Fsp3) is 0.444. The molecule has 5 heteroatoms. The molecule has 0 saturated carbocycles. The molecule has 1 N–H and O–H groups in total. The molecular weight excluding hydrogens is 290 g/mol. The molecule has 0 amide bonds. The number of nitrogens with one attached hydrogen (secondary N) is 1. The Morgan fingerprint density at radius 1 is 1.39 bits per heavy atom. The first kappa shape index (κ1) is 17.0. The molecule has 0 aliphatic carbocycles. The number of rotatable bonds is 6. The number of likely N-dealkylation sites (tertiary alicyclic amines) is 1. The van der Waals surface area contributed by atoms with Crippen LogP contribution in [0, 0.1) is 11.3 Å². The number of ether oxygens (including phenoxy) is 1. The molecule has 1 aromatic rings. The van der Waals surface area contributed by atoms with Gasteiger partial charge in [-0.3, -0.25) is 4.90 Å². The standard InChI is InChI=1S/C18H23N3O2/c1-2-23-18(22)16(12-19)13-20-17-8-10-21(11-9-17)14-15-6-4-3-5-7-15/h3-7,13,17,20H,2,8-11,14H2,1H3/b16-13-. The van der Waals surface area contributed by atoms with E-state index in [1.165, 1.54) is 11.8 Å². The van der Waals surface area contributed by atoms with Gasteiger partial charge in [-0.1, -0.05) is 30.3 Å². The van der Waals surface area contributed by atoms with E-state index in [0.29, 0.717) is 6.04 Å². The topological polar surface area (TPSA) is 65.4 Å². The molecule has 2 rings (SSSR count). The van der Waals surface area contributed by atoms with Crippen LogP contribution >= 0.6 is 0 Å². The largest absolute Gasteiger partial charge is 0.462 e. The van der Waals surface area contributed by atoms with Crippen LogP contribution in [0.3, 0.4) is 0 Å². The van der Waals surface area contributed by atoms with Gasteiger partial charge in [-0.2, -0.15) is 5.26 Å². The van der Waals surface area contributed by atoms with E-state index in [2.05, 4.69) is 34.5 Å². The lowest BCUT2D eigenvalue weighted by molar-refractivity contribution is -0.138. The molecule has 1 heterocycles. The second kappa shape index (κ2) is 8.96. The zero-order valence-corrected chi connectivity index (χ0v) is 13.5. The lowest BCUT2D eigenvalue weighted by atomic mass is 10.0. The minimum Gasteiger partial charge on any atom is -0.462 e. The molecule has 0 radical (unpaired) electrons. The lowest BCUT2D eigenvalue weighted by Gasteiger charge is -2.32. The third-order valence-electron chi connectivity index (χ3n) is 3.92. The first-order chi connectivity index (χ1) is 11.2. The summed E-state index contributed by atoms with van der Waals surface area (Å²) in [6, 6.07) is 12.6. The third kappa shape index (κ3) is 5.42. The van der Waals surface area contributed by atoms with Gasteiger partial charge in [0.2, 0.25) is 0 Å². The van der Waals surface area contributed by atoms with Crippen molar-refractivity contribution in [1.29, 1.82) is 5.26 Å². The number of carbonyl (C=O) groups is 1. The minimum atomic E-state index is -0.566. The average Bonchev–Trinajstić information content (AvgIpc) is 2.58. The fourth-order valence-corrected chi connectivity index (χ4v) is 2.65. The van der Waals surface area contributed by atoms with Crippen molar-refractivity contribution in [3.05, 3.63) is 47.7 Å². The second-order valence-corrected chi connectivity index (χ2v) is 5.59. The summed E-state index contributed by atoms with van der Waals surface area (Å²) < 4.78 is 4.84. The van der Waals surface area contributed by atoms with Crippen LogP contribution in [0.5, 0.6) is 0 Å². The Bertz CT molecular complexity index is 570. The minimum absolute atomic E-state index is 0.0264. The Morgan fingerprint density at radius 3 is 2.70 bits per heavy atom. The molecule has 0 aromatic heterocycles. The summed E-state index contributed by atoms with van der Waals surface area (Å²) in [4.78, 5) is 14.0. The van der Waals surface area contributed by atoms with Gasteiger partial charge in [-0.25, -0.2) is 4.79 Å². The van der Waals surface area contributed by atoms with Gasteiger partial charge in [0.15, 0.2) is 5.57 Å². The lowest BCUT2D eigenvalue weighted by Crippen LogP contribution is -2.40. The van der Waals surface area contributed by atoms with Gasteiger partial charge < -0.3 is 10.1 Å². The van der Waals surface area contributed by atoms with Gasteiger partial charge in [0.05, 0.1) is 6.61 Å². The highest BCUT2D eigenvalue weighted by molar-refractivity contribution is 5.92. The van der Waals surface area contributed by atoms with Crippen molar-refractivity contribution in [3.8, 4) is 6.07 Å². The molecule has 0 bridgehead atoms. The van der Waals surface area contributed by atoms with Crippen molar-refractivity contribution in [3.63, 3.8) is 0 Å². The first-order valence-corrected chi connectivity index (χ1v) is 8.02. The van der Waals surface area contributed by atoms with Gasteiger partial charge in [-0.15, -0.1) is 0 Å². The summed E-state index contributed by atoms with van der Waals surface area (Å²) in [5, 5.41) is 12.2. The van der Waals surface area contributed by atoms with Crippen molar-refractivity contribution in [2.75, 3.05) is 19.7 Å². The van der Waals surface area contributed by atoms with Crippen molar-refractivity contribution < 1.29 is 9.53 Å². The Kier molecular flexibility index (Phi) is 6.64. The van der Waals surface area contributed by atoms with Crippen molar-refractivity contribution in [2.24, 2.45) is 0 Å². The van der Waals surface area contributed by atoms with E-state index in [1.807, 2.05) is 12.1 Å². The molecular formula is C18H23N3O2. The van der Waals surface area contributed by atoms with Gasteiger partial charge in [0.1, 0.15) is 6.07 Å². The Balaban J connectivity index is 1.78. The van der Waals surface area contributed by atoms with Crippen LogP contribution in [0.4, 0.5) is 0 Å². The van der Waals surface area contributed by atoms with Crippen LogP contribution in [-0.4, -0.2) is 36.6 Å². The number of hydrogen-bond acceptors (Lipinski definition) is 5. The van der Waals surface area contributed by atoms with E-state index in [1.54, 1.807) is 6.92 Å². The predicted molar refractivity (Wildman–Crippen MR) is 88.2 cm³/mol. The van der Waals surface area contributed by atoms with Gasteiger partial charge in [0, 0.05) is 31.9 Å². The number of benzene rings is 1. The Labute approximate surface area is 137 Å². The van der Waals surface area contributed by atoms with E-state index >= 15 is 0 Å². The van der Waals surface area contributed by atoms with Crippen LogP contribution in [0.2, 0.25) is 0 Å². The Hall–Kier alpha value is -2.32. The maximum Gasteiger partial charge on any atom is 0.350 e. The van der Waals surface area contributed by atoms with E-state index in [0.717, 1.165) is 32.5 Å². The summed E-state index contributed by atoms with van der Waals surface area (Å²) in [6.07, 6.45) is 3.48. The van der Waals surface area contributed by atoms with Crippen LogP contribution < -0.4 is 5.32 Å². The summed E-state index contributed by atoms with van der Waals surface area (Å²) in [6.45, 7) is 4.97. The monoisotopic (exact) mass is 313 g/mol. The number of carbonyl (C=O) groups excluding carboxylic acids is 1. The van der Waals surface area contributed by atoms with Crippen molar-refractivity contribution in [2.45, 2.75) is 32.4 Å². The zero-order chi connectivity index (χ0) is 16.5. The van der Waals surface area contributed by atoms with Crippen molar-refractivity contribution in [1.82, 2.24) is 10.2 Å². The maximum absolute atomic E-state index is 11.5. The summed E-state index contributed by atoms with van der Waals surface area (Å²) in [5.41, 5.74) is 1.35. The molecule has 5 nitrogen and oxygen atoms in total. The van der Waals surface area contributed by atoms with Crippen molar-refractivity contribution >= 4 is 5.97 Å². The zero-order valence-electron chi connectivity index (χ0n) is 13.5. The molecule has 1 aliphatic heterocycles. The number of esters is 1. The predicted octanol–water partition coefficient (Wildman–Crippen LogP) is 2.21. The molecule has 1 aromatic carbocycles. The van der Waals surface area contributed by atoms with Crippen LogP contribution in [-0.2, 0) is 16.1 Å². The first-order valence-electron chi connectivity index (χ1n) is 8.02. The highest BCUT2D eigenvalue weighted by Crippen LogP contribution is 2.14. The summed E-state index contributed by atoms with van der Waals surface area (Å²) >= 11 is 0. The highest BCUT2D eigenvalue weighted by Gasteiger charge is 2.19. The maximum atomic E-state index is 11.5. The summed E-state index contributed by atoms with van der Waals surface area (Å²) in [7, 11) is 0. The molecule has 1 aliphatic rings.